The van der Waals surface area contributed by atoms with Crippen molar-refractivity contribution in [1.29, 1.82) is 0 Å². The number of aryl methyl sites for hydroxylation is 1. The fraction of sp³-hybridized carbons (Fsp3) is 0.182. The Morgan fingerprint density at radius 2 is 1.75 bits per heavy atom. The van der Waals surface area contributed by atoms with Gasteiger partial charge in [0.25, 0.3) is 0 Å². The molecule has 0 aliphatic carbocycles. The molecule has 1 aromatic heterocycles. The zero-order valence-electron chi connectivity index (χ0n) is 15.9. The average Bonchev–Trinajstić information content (AvgIpc) is 3.19. The van der Waals surface area contributed by atoms with Crippen LogP contribution in [0.15, 0.2) is 71.5 Å². The molecule has 3 aromatic rings. The lowest BCUT2D eigenvalue weighted by Gasteiger charge is -2.17. The van der Waals surface area contributed by atoms with Gasteiger partial charge in [-0.25, -0.2) is 0 Å². The number of likely N-dealkylation sites (N-methyl/N-ethyl adjacent to an activating group) is 1. The summed E-state index contributed by atoms with van der Waals surface area (Å²) < 4.78 is 2.96. The maximum absolute atomic E-state index is 12.5. The first kappa shape index (κ1) is 19.9. The topological polar surface area (TPSA) is 54.3 Å². The number of aromatic nitrogens is 1. The number of carbonyl (C=O) groups is 2. The van der Waals surface area contributed by atoms with Gasteiger partial charge in [0.05, 0.1) is 13.0 Å². The van der Waals surface area contributed by atoms with Crippen molar-refractivity contribution in [2.75, 3.05) is 18.9 Å². The van der Waals surface area contributed by atoms with Crippen LogP contribution in [0, 0.1) is 6.92 Å². The predicted molar refractivity (Wildman–Crippen MR) is 115 cm³/mol. The van der Waals surface area contributed by atoms with Gasteiger partial charge in [0.1, 0.15) is 0 Å². The Morgan fingerprint density at radius 1 is 1.07 bits per heavy atom. The number of halogens is 1. The van der Waals surface area contributed by atoms with Crippen molar-refractivity contribution in [3.8, 4) is 5.69 Å². The van der Waals surface area contributed by atoms with E-state index in [1.54, 1.807) is 7.05 Å². The molecule has 0 aliphatic heterocycles. The number of anilines is 1. The van der Waals surface area contributed by atoms with E-state index in [0.29, 0.717) is 0 Å². The van der Waals surface area contributed by atoms with E-state index < -0.39 is 0 Å². The molecule has 5 nitrogen and oxygen atoms in total. The van der Waals surface area contributed by atoms with Gasteiger partial charge < -0.3 is 14.8 Å². The molecule has 28 heavy (non-hydrogen) atoms. The summed E-state index contributed by atoms with van der Waals surface area (Å²) in [6.07, 6.45) is 4.20. The molecule has 0 bridgehead atoms. The van der Waals surface area contributed by atoms with Crippen LogP contribution >= 0.6 is 15.9 Å². The van der Waals surface area contributed by atoms with Crippen LogP contribution in [0.2, 0.25) is 0 Å². The Kier molecular flexibility index (Phi) is 6.31. The van der Waals surface area contributed by atoms with Crippen LogP contribution in [0.5, 0.6) is 0 Å². The Morgan fingerprint density at radius 3 is 2.39 bits per heavy atom. The Hall–Kier alpha value is -2.86. The van der Waals surface area contributed by atoms with Crippen molar-refractivity contribution < 1.29 is 9.59 Å². The molecular weight excluding hydrogens is 418 g/mol. The smallest absolute Gasteiger partial charge is 0.243 e. The van der Waals surface area contributed by atoms with Crippen molar-refractivity contribution in [2.24, 2.45) is 0 Å². The maximum atomic E-state index is 12.5. The highest BCUT2D eigenvalue weighted by Crippen LogP contribution is 2.20. The lowest BCUT2D eigenvalue weighted by molar-refractivity contribution is -0.132. The number of benzene rings is 2. The van der Waals surface area contributed by atoms with Gasteiger partial charge in [0, 0.05) is 35.3 Å². The molecule has 1 heterocycles. The lowest BCUT2D eigenvalue weighted by atomic mass is 10.1. The third-order valence-electron chi connectivity index (χ3n) is 4.46. The molecule has 0 radical (unpaired) electrons. The van der Waals surface area contributed by atoms with Crippen LogP contribution in [0.4, 0.5) is 5.69 Å². The quantitative estimate of drug-likeness (QED) is 0.625. The van der Waals surface area contributed by atoms with E-state index in [2.05, 4.69) is 21.2 Å². The second kappa shape index (κ2) is 8.89. The highest BCUT2D eigenvalue weighted by molar-refractivity contribution is 9.10. The number of hydrogen-bond donors (Lipinski definition) is 1. The van der Waals surface area contributed by atoms with Crippen molar-refractivity contribution in [3.05, 3.63) is 82.6 Å². The van der Waals surface area contributed by atoms with Crippen LogP contribution in [0.3, 0.4) is 0 Å². The summed E-state index contributed by atoms with van der Waals surface area (Å²) in [5, 5.41) is 2.85. The summed E-state index contributed by atoms with van der Waals surface area (Å²) in [6.45, 7) is 1.93. The molecule has 2 aromatic carbocycles. The van der Waals surface area contributed by atoms with Gasteiger partial charge in [-0.1, -0.05) is 28.1 Å². The average molecular weight is 440 g/mol. The zero-order valence-corrected chi connectivity index (χ0v) is 17.4. The molecule has 3 rings (SSSR count). The normalized spacial score (nSPS) is 10.5. The van der Waals surface area contributed by atoms with Crippen LogP contribution < -0.4 is 5.32 Å². The first-order valence-electron chi connectivity index (χ1n) is 8.94. The highest BCUT2D eigenvalue weighted by Gasteiger charge is 2.14. The molecule has 144 valence electrons. The minimum Gasteiger partial charge on any atom is -0.336 e. The summed E-state index contributed by atoms with van der Waals surface area (Å²) in [5.74, 6) is -0.319. The number of carbonyl (C=O) groups excluding carboxylic acids is 2. The predicted octanol–water partition coefficient (Wildman–Crippen LogP) is 4.19. The molecular formula is C22H22BrN3O2. The summed E-state index contributed by atoms with van der Waals surface area (Å²) in [7, 11) is 1.64. The van der Waals surface area contributed by atoms with Gasteiger partial charge in [0.2, 0.25) is 11.8 Å². The molecule has 0 saturated heterocycles. The third kappa shape index (κ3) is 5.10. The summed E-state index contributed by atoms with van der Waals surface area (Å²) in [4.78, 5) is 26.2. The van der Waals surface area contributed by atoms with E-state index in [9.17, 15) is 9.59 Å². The van der Waals surface area contributed by atoms with Gasteiger partial charge in [0.15, 0.2) is 0 Å². The summed E-state index contributed by atoms with van der Waals surface area (Å²) >= 11 is 3.40. The molecule has 0 saturated carbocycles. The Balaban J connectivity index is 1.54. The fourth-order valence-electron chi connectivity index (χ4n) is 2.86. The van der Waals surface area contributed by atoms with Crippen molar-refractivity contribution in [1.82, 2.24) is 9.47 Å². The van der Waals surface area contributed by atoms with E-state index in [-0.39, 0.29) is 24.8 Å². The van der Waals surface area contributed by atoms with E-state index in [0.717, 1.165) is 27.0 Å². The van der Waals surface area contributed by atoms with Gasteiger partial charge in [-0.3, -0.25) is 9.59 Å². The molecule has 0 atom stereocenters. The minimum absolute atomic E-state index is 0.00971. The number of amides is 2. The summed E-state index contributed by atoms with van der Waals surface area (Å²) in [5.41, 5.74) is 3.66. The van der Waals surface area contributed by atoms with Crippen molar-refractivity contribution in [2.45, 2.75) is 13.3 Å². The van der Waals surface area contributed by atoms with Crippen LogP contribution in [-0.4, -0.2) is 34.9 Å². The van der Waals surface area contributed by atoms with Crippen LogP contribution in [-0.2, 0) is 16.0 Å². The monoisotopic (exact) mass is 439 g/mol. The SMILES string of the molecule is Cc1cc(Br)ccc1NC(=O)CN(C)C(=O)Cc1ccc(-n2cccc2)cc1. The van der Waals surface area contributed by atoms with Gasteiger partial charge >= 0.3 is 0 Å². The third-order valence-corrected chi connectivity index (χ3v) is 4.96. The van der Waals surface area contributed by atoms with Crippen LogP contribution in [0.1, 0.15) is 11.1 Å². The minimum atomic E-state index is -0.218. The molecule has 0 unspecified atom stereocenters. The second-order valence-corrected chi connectivity index (χ2v) is 7.61. The standard InChI is InChI=1S/C22H22BrN3O2/c1-16-13-18(23)7-10-20(16)24-21(27)15-25(2)22(28)14-17-5-8-19(9-6-17)26-11-3-4-12-26/h3-13H,14-15H2,1-2H3,(H,24,27). The van der Waals surface area contributed by atoms with E-state index in [1.807, 2.05) is 78.5 Å². The number of rotatable bonds is 6. The highest BCUT2D eigenvalue weighted by atomic mass is 79.9. The molecule has 0 fully saturated rings. The Bertz CT molecular complexity index is 966. The van der Waals surface area contributed by atoms with Gasteiger partial charge in [-0.15, -0.1) is 0 Å². The van der Waals surface area contributed by atoms with Crippen LogP contribution in [0.25, 0.3) is 5.69 Å². The Labute approximate surface area is 173 Å². The molecule has 2 amide bonds. The van der Waals surface area contributed by atoms with Crippen molar-refractivity contribution in [3.63, 3.8) is 0 Å². The summed E-state index contributed by atoms with van der Waals surface area (Å²) in [6, 6.07) is 17.4. The van der Waals surface area contributed by atoms with E-state index in [1.165, 1.54) is 4.90 Å². The number of nitrogens with zero attached hydrogens (tertiary/aromatic N) is 2. The molecule has 0 spiro atoms. The van der Waals surface area contributed by atoms with Gasteiger partial charge in [-0.2, -0.15) is 0 Å². The second-order valence-electron chi connectivity index (χ2n) is 6.69. The zero-order chi connectivity index (χ0) is 20.1. The van der Waals surface area contributed by atoms with E-state index >= 15 is 0 Å². The first-order valence-corrected chi connectivity index (χ1v) is 9.74. The van der Waals surface area contributed by atoms with Crippen molar-refractivity contribution >= 4 is 33.4 Å². The molecule has 6 heteroatoms. The number of nitrogens with one attached hydrogen (secondary N) is 1. The molecule has 0 aliphatic rings. The van der Waals surface area contributed by atoms with E-state index in [4.69, 9.17) is 0 Å². The van der Waals surface area contributed by atoms with Gasteiger partial charge in [-0.05, 0) is 60.5 Å². The fourth-order valence-corrected chi connectivity index (χ4v) is 3.34. The maximum Gasteiger partial charge on any atom is 0.243 e. The number of hydrogen-bond acceptors (Lipinski definition) is 2. The molecule has 1 N–H and O–H groups in total. The first-order chi connectivity index (χ1) is 13.4. The largest absolute Gasteiger partial charge is 0.336 e. The lowest BCUT2D eigenvalue weighted by Crippen LogP contribution is -2.35.